The minimum atomic E-state index is -1.75. The smallest absolute Gasteiger partial charge is 0.171 e. The summed E-state index contributed by atoms with van der Waals surface area (Å²) >= 11 is 0. The minimum Gasteiger partial charge on any atom is -0.835 e. The highest BCUT2D eigenvalue weighted by Crippen LogP contribution is 2.38. The Morgan fingerprint density at radius 1 is 1.20 bits per heavy atom. The van der Waals surface area contributed by atoms with Crippen LogP contribution in [-0.2, 0) is 9.47 Å². The van der Waals surface area contributed by atoms with E-state index < -0.39 is 11.4 Å². The van der Waals surface area contributed by atoms with Gasteiger partial charge in [-0.15, -0.1) is 0 Å². The first-order valence-corrected chi connectivity index (χ1v) is 5.53. The maximum absolute atomic E-state index is 12.3. The van der Waals surface area contributed by atoms with Crippen LogP contribution in [0.1, 0.15) is 39.5 Å². The minimum absolute atomic E-state index is 0.309. The summed E-state index contributed by atoms with van der Waals surface area (Å²) in [4.78, 5) is 0. The van der Waals surface area contributed by atoms with Gasteiger partial charge in [0, 0.05) is 25.2 Å². The average molecular weight is 212 g/mol. The molecule has 4 nitrogen and oxygen atoms in total. The van der Waals surface area contributed by atoms with Gasteiger partial charge in [0.05, 0.1) is 6.07 Å². The molecule has 0 saturated heterocycles. The van der Waals surface area contributed by atoms with E-state index in [1.807, 2.05) is 19.9 Å². The third-order valence-electron chi connectivity index (χ3n) is 2.84. The fourth-order valence-corrected chi connectivity index (χ4v) is 2.15. The zero-order chi connectivity index (χ0) is 11.4. The second-order valence-electron chi connectivity index (χ2n) is 3.76. The van der Waals surface area contributed by atoms with E-state index in [1.54, 1.807) is 0 Å². The molecule has 1 aliphatic rings. The van der Waals surface area contributed by atoms with Crippen molar-refractivity contribution in [2.45, 2.75) is 50.9 Å². The van der Waals surface area contributed by atoms with Crippen LogP contribution in [0.2, 0.25) is 0 Å². The normalized spacial score (nSPS) is 29.7. The lowest BCUT2D eigenvalue weighted by atomic mass is 9.80. The molecule has 4 heteroatoms. The fourth-order valence-electron chi connectivity index (χ4n) is 2.15. The van der Waals surface area contributed by atoms with Gasteiger partial charge in [0.1, 0.15) is 0 Å². The summed E-state index contributed by atoms with van der Waals surface area (Å²) in [5, 5.41) is 21.3. The molecular formula is C11H18NO3-. The molecule has 1 rings (SSSR count). The second kappa shape index (κ2) is 4.93. The zero-order valence-corrected chi connectivity index (χ0v) is 9.41. The van der Waals surface area contributed by atoms with Crippen molar-refractivity contribution in [3.8, 4) is 6.07 Å². The van der Waals surface area contributed by atoms with Crippen LogP contribution in [0.3, 0.4) is 0 Å². The molecule has 1 atom stereocenters. The lowest BCUT2D eigenvalue weighted by Gasteiger charge is -2.53. The van der Waals surface area contributed by atoms with E-state index in [1.165, 1.54) is 0 Å². The topological polar surface area (TPSA) is 65.3 Å². The molecule has 86 valence electrons. The highest BCUT2D eigenvalue weighted by atomic mass is 16.7. The Balaban J connectivity index is 2.94. The van der Waals surface area contributed by atoms with Gasteiger partial charge in [-0.3, -0.25) is 0 Å². The first kappa shape index (κ1) is 12.4. The summed E-state index contributed by atoms with van der Waals surface area (Å²) in [7, 11) is 0. The van der Waals surface area contributed by atoms with E-state index >= 15 is 0 Å². The quantitative estimate of drug-likeness (QED) is 0.651. The predicted octanol–water partition coefficient (Wildman–Crippen LogP) is 0.952. The Kier molecular flexibility index (Phi) is 4.09. The molecule has 1 saturated carbocycles. The summed E-state index contributed by atoms with van der Waals surface area (Å²) in [6.07, 6.45) is 2.49. The summed E-state index contributed by atoms with van der Waals surface area (Å²) in [5.41, 5.74) is -1.75. The van der Waals surface area contributed by atoms with Crippen molar-refractivity contribution < 1.29 is 14.6 Å². The Hall–Kier alpha value is -0.630. The summed E-state index contributed by atoms with van der Waals surface area (Å²) < 4.78 is 10.9. The summed E-state index contributed by atoms with van der Waals surface area (Å²) in [6.45, 7) is 4.41. The highest BCUT2D eigenvalue weighted by molar-refractivity contribution is 5.11. The number of ether oxygens (including phenoxy) is 2. The van der Waals surface area contributed by atoms with E-state index in [0.717, 1.165) is 12.8 Å². The Morgan fingerprint density at radius 3 is 2.20 bits per heavy atom. The molecule has 0 unspecified atom stereocenters. The largest absolute Gasteiger partial charge is 0.835 e. The van der Waals surface area contributed by atoms with Crippen molar-refractivity contribution in [2.75, 3.05) is 13.2 Å². The molecule has 0 amide bonds. The molecule has 0 spiro atoms. The molecular weight excluding hydrogens is 194 g/mol. The fraction of sp³-hybridized carbons (Fsp3) is 0.909. The lowest BCUT2D eigenvalue weighted by Crippen LogP contribution is -2.66. The van der Waals surface area contributed by atoms with Gasteiger partial charge >= 0.3 is 0 Å². The number of hydrogen-bond donors (Lipinski definition) is 0. The highest BCUT2D eigenvalue weighted by Gasteiger charge is 2.47. The molecule has 0 aromatic carbocycles. The van der Waals surface area contributed by atoms with Crippen LogP contribution in [0.5, 0.6) is 0 Å². The number of nitrogens with zero attached hydrogens (tertiary/aromatic N) is 1. The first-order chi connectivity index (χ1) is 7.14. The molecule has 0 bridgehead atoms. The average Bonchev–Trinajstić information content (AvgIpc) is 2.23. The van der Waals surface area contributed by atoms with Crippen LogP contribution >= 0.6 is 0 Å². The van der Waals surface area contributed by atoms with E-state index in [-0.39, 0.29) is 0 Å². The Bertz CT molecular complexity index is 237. The van der Waals surface area contributed by atoms with Gasteiger partial charge in [0.15, 0.2) is 5.79 Å². The van der Waals surface area contributed by atoms with Crippen LogP contribution < -0.4 is 5.11 Å². The molecule has 1 aliphatic carbocycles. The van der Waals surface area contributed by atoms with Gasteiger partial charge in [0.2, 0.25) is 0 Å². The van der Waals surface area contributed by atoms with Crippen LogP contribution in [-0.4, -0.2) is 24.6 Å². The van der Waals surface area contributed by atoms with Gasteiger partial charge in [0.25, 0.3) is 0 Å². The van der Waals surface area contributed by atoms with Crippen LogP contribution in [0, 0.1) is 11.3 Å². The molecule has 0 aliphatic heterocycles. The summed E-state index contributed by atoms with van der Waals surface area (Å²) in [5.74, 6) is -1.23. The summed E-state index contributed by atoms with van der Waals surface area (Å²) in [6, 6.07) is 1.84. The van der Waals surface area contributed by atoms with Gasteiger partial charge in [-0.2, -0.15) is 5.26 Å². The van der Waals surface area contributed by atoms with Crippen LogP contribution in [0.15, 0.2) is 0 Å². The molecule has 1 fully saturated rings. The third-order valence-corrected chi connectivity index (χ3v) is 2.84. The molecule has 0 N–H and O–H groups in total. The van der Waals surface area contributed by atoms with Gasteiger partial charge < -0.3 is 14.6 Å². The van der Waals surface area contributed by atoms with E-state index in [2.05, 4.69) is 0 Å². The van der Waals surface area contributed by atoms with Gasteiger partial charge in [-0.25, -0.2) is 0 Å². The first-order valence-electron chi connectivity index (χ1n) is 5.53. The monoisotopic (exact) mass is 212 g/mol. The van der Waals surface area contributed by atoms with Crippen LogP contribution in [0.25, 0.3) is 0 Å². The van der Waals surface area contributed by atoms with Crippen molar-refractivity contribution in [3.63, 3.8) is 0 Å². The molecule has 0 aromatic rings. The molecule has 0 radical (unpaired) electrons. The number of rotatable bonds is 4. The van der Waals surface area contributed by atoms with Crippen molar-refractivity contribution in [1.82, 2.24) is 0 Å². The van der Waals surface area contributed by atoms with E-state index in [4.69, 9.17) is 14.7 Å². The van der Waals surface area contributed by atoms with Crippen molar-refractivity contribution in [1.29, 1.82) is 5.26 Å². The standard InChI is InChI=1S/C11H18NO3/c1-3-14-11(15-4-2)8-6-5-7-10(11,13)9-12/h3-8H2,1-2H3/q-1/t10-/m0/s1. The Labute approximate surface area is 90.8 Å². The lowest BCUT2D eigenvalue weighted by molar-refractivity contribution is -0.533. The van der Waals surface area contributed by atoms with E-state index in [0.29, 0.717) is 26.1 Å². The van der Waals surface area contributed by atoms with Crippen molar-refractivity contribution in [2.24, 2.45) is 0 Å². The third kappa shape index (κ3) is 2.15. The van der Waals surface area contributed by atoms with Gasteiger partial charge in [-0.05, 0) is 26.7 Å². The predicted molar refractivity (Wildman–Crippen MR) is 52.8 cm³/mol. The number of hydrogen-bond acceptors (Lipinski definition) is 4. The van der Waals surface area contributed by atoms with E-state index in [9.17, 15) is 5.11 Å². The maximum Gasteiger partial charge on any atom is 0.171 e. The van der Waals surface area contributed by atoms with Gasteiger partial charge in [-0.1, -0.05) is 6.42 Å². The zero-order valence-electron chi connectivity index (χ0n) is 9.41. The maximum atomic E-state index is 12.3. The SMILES string of the molecule is CCOC1(OCC)CCCC[C@]1([O-])C#N. The van der Waals surface area contributed by atoms with Crippen molar-refractivity contribution in [3.05, 3.63) is 0 Å². The molecule has 0 heterocycles. The van der Waals surface area contributed by atoms with Crippen molar-refractivity contribution >= 4 is 0 Å². The molecule has 0 aromatic heterocycles. The second-order valence-corrected chi connectivity index (χ2v) is 3.76. The number of nitriles is 1. The molecule has 15 heavy (non-hydrogen) atoms. The van der Waals surface area contributed by atoms with Crippen LogP contribution in [0.4, 0.5) is 0 Å². The Morgan fingerprint density at radius 2 is 1.73 bits per heavy atom.